The van der Waals surface area contributed by atoms with Crippen LogP contribution in [0.5, 0.6) is 11.5 Å². The van der Waals surface area contributed by atoms with Gasteiger partial charge in [-0.25, -0.2) is 9.78 Å². The maximum atomic E-state index is 13.6. The van der Waals surface area contributed by atoms with Crippen molar-refractivity contribution in [3.63, 3.8) is 0 Å². The molecule has 0 atom stereocenters. The predicted octanol–water partition coefficient (Wildman–Crippen LogP) is 6.67. The first-order chi connectivity index (χ1) is 20.7. The first-order valence-electron chi connectivity index (χ1n) is 13.9. The van der Waals surface area contributed by atoms with E-state index in [9.17, 15) is 19.7 Å². The molecule has 1 aliphatic rings. The van der Waals surface area contributed by atoms with E-state index in [1.54, 1.807) is 37.3 Å². The van der Waals surface area contributed by atoms with Crippen molar-refractivity contribution < 1.29 is 24.3 Å². The van der Waals surface area contributed by atoms with Gasteiger partial charge in [-0.1, -0.05) is 47.3 Å². The number of fused-ring (bicyclic) bond motifs is 1. The summed E-state index contributed by atoms with van der Waals surface area (Å²) >= 11 is 3.42. The summed E-state index contributed by atoms with van der Waals surface area (Å²) in [6.07, 6.45) is 6.40. The predicted molar refractivity (Wildman–Crippen MR) is 165 cm³/mol. The zero-order valence-corrected chi connectivity index (χ0v) is 25.0. The van der Waals surface area contributed by atoms with Gasteiger partial charge < -0.3 is 14.6 Å². The molecular weight excluding hydrogens is 620 g/mol. The molecule has 1 heterocycles. The van der Waals surface area contributed by atoms with E-state index in [0.29, 0.717) is 27.9 Å². The van der Waals surface area contributed by atoms with Crippen molar-refractivity contribution in [2.75, 3.05) is 6.61 Å². The lowest BCUT2D eigenvalue weighted by Crippen LogP contribution is -2.25. The third kappa shape index (κ3) is 6.75. The zero-order valence-electron chi connectivity index (χ0n) is 23.4. The number of ether oxygens (including phenoxy) is 2. The summed E-state index contributed by atoms with van der Waals surface area (Å²) in [6.45, 7) is 1.92. The SMILES string of the molecule is CCOc1cc(C=Nn2c(C3CCCCC3)nc3ccc(Br)cc3c2=O)cc([N+](=O)[O-])c1OCc1ccc(C(=O)O)cc1. The third-order valence-corrected chi connectivity index (χ3v) is 7.76. The van der Waals surface area contributed by atoms with Crippen molar-refractivity contribution >= 4 is 44.7 Å². The molecule has 1 N–H and O–H groups in total. The number of hydrogen-bond donors (Lipinski definition) is 1. The molecule has 0 unspecified atom stereocenters. The quantitative estimate of drug-likeness (QED) is 0.114. The van der Waals surface area contributed by atoms with Gasteiger partial charge in [-0.2, -0.15) is 9.78 Å². The van der Waals surface area contributed by atoms with E-state index in [2.05, 4.69) is 21.0 Å². The molecule has 1 aromatic heterocycles. The van der Waals surface area contributed by atoms with Crippen molar-refractivity contribution in [3.05, 3.63) is 102 Å². The van der Waals surface area contributed by atoms with Crippen LogP contribution in [0.1, 0.15) is 72.3 Å². The maximum absolute atomic E-state index is 13.6. The number of carbonyl (C=O) groups is 1. The highest BCUT2D eigenvalue weighted by atomic mass is 79.9. The number of aromatic nitrogens is 2. The fraction of sp³-hybridized carbons (Fsp3) is 0.290. The van der Waals surface area contributed by atoms with Gasteiger partial charge in [0.25, 0.3) is 5.56 Å². The molecule has 0 amide bonds. The average molecular weight is 649 g/mol. The Balaban J connectivity index is 1.53. The lowest BCUT2D eigenvalue weighted by Gasteiger charge is -2.22. The summed E-state index contributed by atoms with van der Waals surface area (Å²) in [5, 5.41) is 26.2. The summed E-state index contributed by atoms with van der Waals surface area (Å²) in [7, 11) is 0. The number of rotatable bonds is 10. The number of aromatic carboxylic acids is 1. The van der Waals surface area contributed by atoms with Gasteiger partial charge in [0.2, 0.25) is 5.75 Å². The first kappa shape index (κ1) is 29.9. The third-order valence-electron chi connectivity index (χ3n) is 7.26. The second-order valence-electron chi connectivity index (χ2n) is 10.2. The summed E-state index contributed by atoms with van der Waals surface area (Å²) in [4.78, 5) is 41.2. The summed E-state index contributed by atoms with van der Waals surface area (Å²) in [6, 6.07) is 14.3. The van der Waals surface area contributed by atoms with E-state index >= 15 is 0 Å². The molecular formula is C31H29BrN4O7. The van der Waals surface area contributed by atoms with Crippen LogP contribution < -0.4 is 15.0 Å². The number of nitro groups is 1. The number of hydrogen-bond acceptors (Lipinski definition) is 8. The van der Waals surface area contributed by atoms with Crippen LogP contribution in [0, 0.1) is 10.1 Å². The highest BCUT2D eigenvalue weighted by molar-refractivity contribution is 9.10. The van der Waals surface area contributed by atoms with Crippen LogP contribution in [0.2, 0.25) is 0 Å². The fourth-order valence-electron chi connectivity index (χ4n) is 5.15. The van der Waals surface area contributed by atoms with Crippen LogP contribution in [0.4, 0.5) is 5.69 Å². The van der Waals surface area contributed by atoms with Crippen molar-refractivity contribution in [1.29, 1.82) is 0 Å². The molecule has 0 aliphatic heterocycles. The lowest BCUT2D eigenvalue weighted by molar-refractivity contribution is -0.386. The van der Waals surface area contributed by atoms with Crippen LogP contribution in [-0.4, -0.2) is 38.5 Å². The molecule has 4 aromatic rings. The Labute approximate surface area is 255 Å². The minimum atomic E-state index is -1.06. The van der Waals surface area contributed by atoms with Crippen LogP contribution in [0.15, 0.2) is 69.0 Å². The molecule has 12 heteroatoms. The molecule has 0 saturated heterocycles. The molecule has 43 heavy (non-hydrogen) atoms. The monoisotopic (exact) mass is 648 g/mol. The second kappa shape index (κ2) is 13.2. The van der Waals surface area contributed by atoms with Crippen molar-refractivity contribution in [2.24, 2.45) is 5.10 Å². The Morgan fingerprint density at radius 1 is 1.14 bits per heavy atom. The van der Waals surface area contributed by atoms with E-state index in [4.69, 9.17) is 19.6 Å². The van der Waals surface area contributed by atoms with Gasteiger partial charge in [-0.05, 0) is 61.7 Å². The van der Waals surface area contributed by atoms with E-state index in [1.807, 2.05) is 6.07 Å². The van der Waals surface area contributed by atoms with Gasteiger partial charge in [0, 0.05) is 22.0 Å². The Hall–Kier alpha value is -4.58. The number of carboxylic acid groups (broad SMARTS) is 1. The van der Waals surface area contributed by atoms with Crippen LogP contribution in [0.3, 0.4) is 0 Å². The molecule has 3 aromatic carbocycles. The van der Waals surface area contributed by atoms with E-state index in [0.717, 1.165) is 36.6 Å². The molecule has 11 nitrogen and oxygen atoms in total. The van der Waals surface area contributed by atoms with Gasteiger partial charge in [0.1, 0.15) is 12.4 Å². The highest BCUT2D eigenvalue weighted by Gasteiger charge is 2.24. The molecule has 1 fully saturated rings. The standard InChI is InChI=1S/C31H29BrN4O7/c1-2-42-27-15-20(14-26(36(40)41)28(27)43-18-19-8-10-22(11-9-19)31(38)39)17-33-35-29(21-6-4-3-5-7-21)34-25-13-12-23(32)16-24(25)30(35)37/h8-17,21H,2-7,18H2,1H3,(H,38,39). The normalized spacial score (nSPS) is 13.8. The van der Waals surface area contributed by atoms with Crippen LogP contribution in [-0.2, 0) is 6.61 Å². The van der Waals surface area contributed by atoms with Crippen LogP contribution >= 0.6 is 15.9 Å². The Morgan fingerprint density at radius 3 is 2.56 bits per heavy atom. The van der Waals surface area contributed by atoms with Gasteiger partial charge in [-0.3, -0.25) is 14.9 Å². The number of nitrogens with zero attached hydrogens (tertiary/aromatic N) is 4. The molecule has 0 radical (unpaired) electrons. The average Bonchev–Trinajstić information content (AvgIpc) is 3.00. The minimum Gasteiger partial charge on any atom is -0.490 e. The molecule has 1 aliphatic carbocycles. The summed E-state index contributed by atoms with van der Waals surface area (Å²) in [5.41, 5.74) is 1.01. The van der Waals surface area contributed by atoms with Crippen LogP contribution in [0.25, 0.3) is 10.9 Å². The Morgan fingerprint density at radius 2 is 1.88 bits per heavy atom. The van der Waals surface area contributed by atoms with Crippen molar-refractivity contribution in [1.82, 2.24) is 9.66 Å². The first-order valence-corrected chi connectivity index (χ1v) is 14.7. The molecule has 222 valence electrons. The van der Waals surface area contributed by atoms with Gasteiger partial charge in [0.15, 0.2) is 5.75 Å². The summed E-state index contributed by atoms with van der Waals surface area (Å²) in [5.74, 6) is -0.340. The topological polar surface area (TPSA) is 146 Å². The Kier molecular flexibility index (Phi) is 9.15. The number of nitro benzene ring substituents is 1. The highest BCUT2D eigenvalue weighted by Crippen LogP contribution is 2.39. The van der Waals surface area contributed by atoms with E-state index in [-0.39, 0.29) is 47.4 Å². The fourth-order valence-corrected chi connectivity index (χ4v) is 5.51. The molecule has 0 spiro atoms. The molecule has 0 bridgehead atoms. The van der Waals surface area contributed by atoms with Crippen molar-refractivity contribution in [2.45, 2.75) is 51.6 Å². The summed E-state index contributed by atoms with van der Waals surface area (Å²) < 4.78 is 13.6. The number of carboxylic acids is 1. The molecule has 5 rings (SSSR count). The Bertz CT molecular complexity index is 1760. The zero-order chi connectivity index (χ0) is 30.5. The smallest absolute Gasteiger partial charge is 0.335 e. The maximum Gasteiger partial charge on any atom is 0.335 e. The van der Waals surface area contributed by atoms with E-state index < -0.39 is 10.9 Å². The number of halogens is 1. The molecule has 1 saturated carbocycles. The largest absolute Gasteiger partial charge is 0.490 e. The number of benzene rings is 3. The van der Waals surface area contributed by atoms with Crippen molar-refractivity contribution in [3.8, 4) is 11.5 Å². The van der Waals surface area contributed by atoms with Gasteiger partial charge >= 0.3 is 11.7 Å². The van der Waals surface area contributed by atoms with Gasteiger partial charge in [0.05, 0.1) is 34.2 Å². The van der Waals surface area contributed by atoms with Gasteiger partial charge in [-0.15, -0.1) is 0 Å². The van der Waals surface area contributed by atoms with E-state index in [1.165, 1.54) is 29.1 Å². The lowest BCUT2D eigenvalue weighted by atomic mass is 9.88. The minimum absolute atomic E-state index is 0.0489. The second-order valence-corrected chi connectivity index (χ2v) is 11.1.